The van der Waals surface area contributed by atoms with Crippen LogP contribution < -0.4 is 20.1 Å². The molecule has 2 amide bonds. The number of thioether (sulfide) groups is 2. The number of aliphatic imine (C=N–C) groups is 1. The number of amidine groups is 1. The maximum absolute atomic E-state index is 13.2. The molecule has 1 saturated heterocycles. The second kappa shape index (κ2) is 17.3. The van der Waals surface area contributed by atoms with Crippen molar-refractivity contribution in [3.63, 3.8) is 0 Å². The van der Waals surface area contributed by atoms with Crippen LogP contribution in [0.2, 0.25) is 0 Å². The molecule has 3 aromatic carbocycles. The molecule has 272 valence electrons. The highest BCUT2D eigenvalue weighted by Crippen LogP contribution is 2.34. The fraction of sp³-hybridized carbons (Fsp3) is 0.353. The molecular weight excluding hydrogens is 710 g/mol. The fourth-order valence-corrected chi connectivity index (χ4v) is 7.48. The van der Waals surface area contributed by atoms with Crippen LogP contribution in [0, 0.1) is 6.92 Å². The van der Waals surface area contributed by atoms with E-state index in [0.29, 0.717) is 44.5 Å². The first-order valence-corrected chi connectivity index (χ1v) is 17.6. The molecule has 51 heavy (non-hydrogen) atoms. The van der Waals surface area contributed by atoms with Gasteiger partial charge in [0.2, 0.25) is 0 Å². The number of carbonyl (C=O) groups excluding carboxylic acids is 1. The molecule has 1 aromatic heterocycles. The molecule has 0 bridgehead atoms. The molecule has 0 spiro atoms. The van der Waals surface area contributed by atoms with Crippen LogP contribution in [0.25, 0.3) is 17.1 Å². The van der Waals surface area contributed by atoms with E-state index in [9.17, 15) is 18.0 Å². The Morgan fingerprint density at radius 2 is 1.76 bits per heavy atom. The lowest BCUT2D eigenvalue weighted by atomic mass is 10.0. The number of nitrogens with zero attached hydrogens (tertiary/aromatic N) is 4. The topological polar surface area (TPSA) is 130 Å². The average molecular weight is 747 g/mol. The first-order chi connectivity index (χ1) is 24.4. The predicted molar refractivity (Wildman–Crippen MR) is 191 cm³/mol. The standard InChI is InChI=1S/C34H37F3N6O6S2/c1-20-16-26(45-3)14-15-27(20)40-33(51-19-50-31-29(47-5)28(46-4)17-21(2)48-31)41-32(44)39-23-8-6-22(7-9-23)30-38-18-43(42-30)24-10-12-25(13-11-24)49-34(35,36)37/h6-16,18,21,28-29,31H,17,19H2,1-5H3,(H2,39,40,41,44)/t21-,28+,29+,31-/m0/s1. The third-order valence-corrected chi connectivity index (χ3v) is 9.83. The molecule has 0 saturated carbocycles. The number of aryl methyl sites for hydroxylation is 1. The summed E-state index contributed by atoms with van der Waals surface area (Å²) in [5.41, 5.74) is 2.93. The lowest BCUT2D eigenvalue weighted by Crippen LogP contribution is -2.48. The fourth-order valence-electron chi connectivity index (χ4n) is 5.15. The van der Waals surface area contributed by atoms with Crippen LogP contribution in [-0.4, -0.2) is 82.5 Å². The Morgan fingerprint density at radius 3 is 2.41 bits per heavy atom. The summed E-state index contributed by atoms with van der Waals surface area (Å²) < 4.78 is 65.6. The first kappa shape index (κ1) is 38.0. The molecule has 0 unspecified atom stereocenters. The molecule has 1 fully saturated rings. The first-order valence-electron chi connectivity index (χ1n) is 15.6. The van der Waals surface area contributed by atoms with Crippen molar-refractivity contribution >= 4 is 46.1 Å². The number of urea groups is 1. The number of nitrogens with one attached hydrogen (secondary N) is 2. The number of amides is 2. The van der Waals surface area contributed by atoms with Gasteiger partial charge in [-0.2, -0.15) is 0 Å². The summed E-state index contributed by atoms with van der Waals surface area (Å²) in [7, 11) is 4.90. The molecule has 0 radical (unpaired) electrons. The Kier molecular flexibility index (Phi) is 12.9. The van der Waals surface area contributed by atoms with E-state index < -0.39 is 12.4 Å². The molecule has 4 atom stereocenters. The van der Waals surface area contributed by atoms with E-state index >= 15 is 0 Å². The number of alkyl halides is 3. The van der Waals surface area contributed by atoms with Crippen LogP contribution in [-0.2, 0) is 14.2 Å². The SMILES string of the molecule is COc1ccc(N=C(NC(=O)Nc2ccc(-c3ncn(-c4ccc(OC(F)(F)F)cc4)n3)cc2)SCS[C@@H]2O[C@@H](C)C[C@@H](OC)[C@H]2OC)c(C)c1. The van der Waals surface area contributed by atoms with E-state index in [1.165, 1.54) is 58.8 Å². The van der Waals surface area contributed by atoms with Gasteiger partial charge in [-0.25, -0.2) is 19.5 Å². The summed E-state index contributed by atoms with van der Waals surface area (Å²) >= 11 is 2.89. The van der Waals surface area contributed by atoms with Crippen molar-refractivity contribution in [1.29, 1.82) is 0 Å². The minimum Gasteiger partial charge on any atom is -0.497 e. The van der Waals surface area contributed by atoms with Crippen molar-refractivity contribution in [1.82, 2.24) is 20.1 Å². The number of hydrogen-bond acceptors (Lipinski definition) is 11. The number of aromatic nitrogens is 3. The van der Waals surface area contributed by atoms with Crippen LogP contribution in [0.5, 0.6) is 11.5 Å². The Hall–Kier alpha value is -4.29. The highest BCUT2D eigenvalue weighted by molar-refractivity contribution is 8.24. The van der Waals surface area contributed by atoms with Crippen molar-refractivity contribution in [2.75, 3.05) is 31.7 Å². The van der Waals surface area contributed by atoms with Gasteiger partial charge in [0.25, 0.3) is 0 Å². The molecule has 17 heteroatoms. The predicted octanol–water partition coefficient (Wildman–Crippen LogP) is 7.55. The van der Waals surface area contributed by atoms with Crippen molar-refractivity contribution in [3.8, 4) is 28.6 Å². The van der Waals surface area contributed by atoms with Gasteiger partial charge in [-0.15, -0.1) is 30.0 Å². The van der Waals surface area contributed by atoms with Crippen LogP contribution in [0.3, 0.4) is 0 Å². The summed E-state index contributed by atoms with van der Waals surface area (Å²) in [6, 6.07) is 17.1. The third kappa shape index (κ3) is 10.6. The van der Waals surface area contributed by atoms with Gasteiger partial charge in [0.15, 0.2) is 11.0 Å². The third-order valence-electron chi connectivity index (χ3n) is 7.64. The lowest BCUT2D eigenvalue weighted by Gasteiger charge is -2.39. The maximum Gasteiger partial charge on any atom is 0.573 e. The lowest BCUT2D eigenvalue weighted by molar-refractivity contribution is -0.274. The molecule has 12 nitrogen and oxygen atoms in total. The molecule has 2 heterocycles. The molecule has 1 aliphatic rings. The summed E-state index contributed by atoms with van der Waals surface area (Å²) in [6.45, 7) is 3.91. The van der Waals surface area contributed by atoms with Gasteiger partial charge in [0.1, 0.15) is 29.4 Å². The summed E-state index contributed by atoms with van der Waals surface area (Å²) in [5, 5.41) is 11.0. The smallest absolute Gasteiger partial charge is 0.497 e. The minimum absolute atomic E-state index is 0.00298. The zero-order valence-corrected chi connectivity index (χ0v) is 30.0. The van der Waals surface area contributed by atoms with E-state index in [4.69, 9.17) is 23.9 Å². The van der Waals surface area contributed by atoms with Gasteiger partial charge in [0.05, 0.1) is 30.7 Å². The van der Waals surface area contributed by atoms with E-state index in [-0.39, 0.29) is 29.5 Å². The Balaban J connectivity index is 1.23. The average Bonchev–Trinajstić information content (AvgIpc) is 3.59. The number of anilines is 1. The van der Waals surface area contributed by atoms with Gasteiger partial charge in [-0.1, -0.05) is 11.8 Å². The molecule has 2 N–H and O–H groups in total. The van der Waals surface area contributed by atoms with Crippen molar-refractivity contribution in [2.24, 2.45) is 4.99 Å². The highest BCUT2D eigenvalue weighted by Gasteiger charge is 2.38. The van der Waals surface area contributed by atoms with Crippen molar-refractivity contribution < 1.29 is 41.7 Å². The normalized spacial score (nSPS) is 19.4. The summed E-state index contributed by atoms with van der Waals surface area (Å²) in [6.07, 6.45) is -2.95. The summed E-state index contributed by atoms with van der Waals surface area (Å²) in [5.74, 6) is 0.737. The largest absolute Gasteiger partial charge is 0.573 e. The van der Waals surface area contributed by atoms with Crippen molar-refractivity contribution in [2.45, 2.75) is 50.4 Å². The summed E-state index contributed by atoms with van der Waals surface area (Å²) in [4.78, 5) is 22.3. The number of hydrogen-bond donors (Lipinski definition) is 2. The number of methoxy groups -OCH3 is 3. The minimum atomic E-state index is -4.78. The Bertz CT molecular complexity index is 1790. The quantitative estimate of drug-likeness (QED) is 0.0902. The van der Waals surface area contributed by atoms with Crippen molar-refractivity contribution in [3.05, 3.63) is 78.6 Å². The van der Waals surface area contributed by atoms with E-state index in [2.05, 4.69) is 25.5 Å². The second-order valence-electron chi connectivity index (χ2n) is 11.2. The Morgan fingerprint density at radius 1 is 1.04 bits per heavy atom. The van der Waals surface area contributed by atoms with Gasteiger partial charge >= 0.3 is 12.4 Å². The maximum atomic E-state index is 13.2. The molecule has 5 rings (SSSR count). The molecule has 0 aliphatic carbocycles. The number of ether oxygens (including phenoxy) is 5. The van der Waals surface area contributed by atoms with E-state index in [0.717, 1.165) is 12.0 Å². The Labute approximate surface area is 301 Å². The van der Waals surface area contributed by atoms with Crippen LogP contribution >= 0.6 is 23.5 Å². The highest BCUT2D eigenvalue weighted by atomic mass is 32.2. The van der Waals surface area contributed by atoms with Gasteiger partial charge in [-0.05, 0) is 86.1 Å². The van der Waals surface area contributed by atoms with E-state index in [1.807, 2.05) is 26.0 Å². The van der Waals surface area contributed by atoms with Gasteiger partial charge in [0, 0.05) is 37.0 Å². The van der Waals surface area contributed by atoms with Gasteiger partial charge in [-0.3, -0.25) is 5.32 Å². The van der Waals surface area contributed by atoms with E-state index in [1.54, 1.807) is 51.7 Å². The van der Waals surface area contributed by atoms with Crippen LogP contribution in [0.4, 0.5) is 29.3 Å². The zero-order chi connectivity index (χ0) is 36.5. The number of halogens is 3. The number of rotatable bonds is 11. The molecular formula is C34H37F3N6O6S2. The molecule has 4 aromatic rings. The zero-order valence-electron chi connectivity index (χ0n) is 28.3. The van der Waals surface area contributed by atoms with Crippen LogP contribution in [0.1, 0.15) is 18.9 Å². The number of benzene rings is 3. The van der Waals surface area contributed by atoms with Crippen LogP contribution in [0.15, 0.2) is 78.0 Å². The molecule has 1 aliphatic heterocycles. The van der Waals surface area contributed by atoms with Gasteiger partial charge < -0.3 is 29.0 Å². The monoisotopic (exact) mass is 746 g/mol. The number of carbonyl (C=O) groups is 1. The second-order valence-corrected chi connectivity index (χ2v) is 13.7.